The van der Waals surface area contributed by atoms with E-state index < -0.39 is 22.7 Å². The first-order valence-electron chi connectivity index (χ1n) is 25.0. The molecule has 0 saturated heterocycles. The summed E-state index contributed by atoms with van der Waals surface area (Å²) in [5.74, 6) is 3.33. The fourth-order valence-electron chi connectivity index (χ4n) is 11.1. The molecule has 0 aliphatic heterocycles. The Bertz CT molecular complexity index is 2660. The monoisotopic (exact) mass is 1010 g/mol. The standard InChI is InChI=1S/C30H38O5Si.C30H36O5Si/c2*1-30(2,3)36(22-13-9-7-10-14-22,23-15-11-8-12-16-23)35-21-17-18-24-25(26(31)19-21)20-27(32-4)29(34-6)28(24)33-5/h7-16,20-21,26,31H,17-19H2,1-6H3;7-16,20-21H,17-19H2,1-6H3. The highest BCUT2D eigenvalue weighted by Crippen LogP contribution is 2.49. The van der Waals surface area contributed by atoms with Crippen molar-refractivity contribution in [3.8, 4) is 34.5 Å². The fourth-order valence-corrected chi connectivity index (χ4v) is 20.6. The van der Waals surface area contributed by atoms with Gasteiger partial charge in [-0.2, -0.15) is 0 Å². The molecule has 72 heavy (non-hydrogen) atoms. The van der Waals surface area contributed by atoms with Gasteiger partial charge in [0.05, 0.1) is 54.9 Å². The number of fused-ring (bicyclic) bond motifs is 2. The molecular weight excluding hydrogens is 937 g/mol. The summed E-state index contributed by atoms with van der Waals surface area (Å²) in [6.45, 7) is 13.6. The number of aliphatic hydroxyl groups excluding tert-OH is 1. The third kappa shape index (κ3) is 10.5. The van der Waals surface area contributed by atoms with E-state index in [0.29, 0.717) is 72.2 Å². The van der Waals surface area contributed by atoms with E-state index in [2.05, 4.69) is 151 Å². The van der Waals surface area contributed by atoms with E-state index >= 15 is 0 Å². The van der Waals surface area contributed by atoms with Crippen molar-refractivity contribution >= 4 is 43.2 Å². The predicted octanol–water partition coefficient (Wildman–Crippen LogP) is 10.2. The van der Waals surface area contributed by atoms with Crippen LogP contribution >= 0.6 is 0 Å². The molecule has 1 N–H and O–H groups in total. The zero-order chi connectivity index (χ0) is 51.8. The second kappa shape index (κ2) is 22.9. The fraction of sp³-hybridized carbons (Fsp3) is 0.383. The van der Waals surface area contributed by atoms with Crippen molar-refractivity contribution in [3.05, 3.63) is 156 Å². The summed E-state index contributed by atoms with van der Waals surface area (Å²) in [7, 11) is 4.06. The zero-order valence-corrected chi connectivity index (χ0v) is 46.3. The average molecular weight is 1010 g/mol. The van der Waals surface area contributed by atoms with Gasteiger partial charge in [-0.15, -0.1) is 0 Å². The Hall–Kier alpha value is -5.90. The number of Topliss-reactive ketones (excluding diaryl/α,β-unsaturated/α-hetero) is 1. The van der Waals surface area contributed by atoms with Gasteiger partial charge in [0.15, 0.2) is 28.8 Å². The Kier molecular flexibility index (Phi) is 17.1. The Morgan fingerprint density at radius 1 is 0.472 bits per heavy atom. The van der Waals surface area contributed by atoms with Crippen LogP contribution in [-0.4, -0.2) is 82.4 Å². The zero-order valence-electron chi connectivity index (χ0n) is 44.3. The Morgan fingerprint density at radius 3 is 1.22 bits per heavy atom. The van der Waals surface area contributed by atoms with Crippen LogP contribution in [0.5, 0.6) is 34.5 Å². The number of aliphatic hydroxyl groups is 1. The molecule has 0 amide bonds. The minimum Gasteiger partial charge on any atom is -0.493 e. The SMILES string of the molecule is COc1cc2c(c(OC)c1OC)CCC(O[Si](c1ccccc1)(c1ccccc1)C(C)(C)C)CC2=O.COc1cc2c(c(OC)c1OC)CCC(O[Si](c1ccccc1)(c1ccccc1)C(C)(C)C)CC2O. The van der Waals surface area contributed by atoms with Crippen LogP contribution < -0.4 is 49.2 Å². The quantitative estimate of drug-likeness (QED) is 0.0837. The van der Waals surface area contributed by atoms with E-state index in [1.165, 1.54) is 20.7 Å². The van der Waals surface area contributed by atoms with Gasteiger partial charge in [-0.1, -0.05) is 163 Å². The highest BCUT2D eigenvalue weighted by molar-refractivity contribution is 7.00. The number of ether oxygens (including phenoxy) is 6. The summed E-state index contributed by atoms with van der Waals surface area (Å²) in [5.41, 5.74) is 3.25. The highest BCUT2D eigenvalue weighted by Gasteiger charge is 2.53. The van der Waals surface area contributed by atoms with E-state index in [-0.39, 0.29) is 28.1 Å². The van der Waals surface area contributed by atoms with Gasteiger partial charge in [0.1, 0.15) is 0 Å². The molecule has 0 bridgehead atoms. The molecule has 6 aromatic carbocycles. The molecule has 0 radical (unpaired) electrons. The van der Waals surface area contributed by atoms with E-state index in [1.807, 2.05) is 18.2 Å². The van der Waals surface area contributed by atoms with Gasteiger partial charge in [0.25, 0.3) is 16.6 Å². The first-order chi connectivity index (χ1) is 34.5. The van der Waals surface area contributed by atoms with Crippen LogP contribution in [0.15, 0.2) is 133 Å². The Balaban J connectivity index is 0.000000211. The third-order valence-electron chi connectivity index (χ3n) is 14.4. The average Bonchev–Trinajstić information content (AvgIpc) is 3.65. The molecule has 6 aromatic rings. The lowest BCUT2D eigenvalue weighted by Crippen LogP contribution is -2.67. The number of hydrogen-bond donors (Lipinski definition) is 1. The lowest BCUT2D eigenvalue weighted by molar-refractivity contribution is 0.0891. The number of rotatable bonds is 14. The van der Waals surface area contributed by atoms with Crippen molar-refractivity contribution < 1.29 is 47.2 Å². The van der Waals surface area contributed by atoms with Gasteiger partial charge in [-0.25, -0.2) is 0 Å². The van der Waals surface area contributed by atoms with Crippen LogP contribution in [0.4, 0.5) is 0 Å². The number of ketones is 1. The minimum absolute atomic E-state index is 0.0321. The second-order valence-electron chi connectivity index (χ2n) is 20.6. The first-order valence-corrected chi connectivity index (χ1v) is 28.8. The third-order valence-corrected chi connectivity index (χ3v) is 24.6. The lowest BCUT2D eigenvalue weighted by atomic mass is 9.98. The van der Waals surface area contributed by atoms with Gasteiger partial charge in [-0.05, 0) is 74.2 Å². The topological polar surface area (TPSA) is 111 Å². The molecule has 8 rings (SSSR count). The van der Waals surface area contributed by atoms with Crippen LogP contribution in [0.25, 0.3) is 0 Å². The van der Waals surface area contributed by atoms with Crippen LogP contribution in [0.2, 0.25) is 10.1 Å². The molecule has 0 saturated carbocycles. The molecule has 0 aromatic heterocycles. The summed E-state index contributed by atoms with van der Waals surface area (Å²) in [4.78, 5) is 13.6. The minimum atomic E-state index is -2.78. The maximum atomic E-state index is 13.6. The van der Waals surface area contributed by atoms with Gasteiger partial charge < -0.3 is 42.4 Å². The maximum absolute atomic E-state index is 13.6. The molecule has 0 fully saturated rings. The van der Waals surface area contributed by atoms with Gasteiger partial charge >= 0.3 is 0 Å². The highest BCUT2D eigenvalue weighted by atomic mass is 28.4. The maximum Gasteiger partial charge on any atom is 0.261 e. The van der Waals surface area contributed by atoms with Crippen molar-refractivity contribution in [1.82, 2.24) is 0 Å². The normalized spacial score (nSPS) is 17.2. The molecule has 382 valence electrons. The molecule has 0 heterocycles. The molecule has 10 nitrogen and oxygen atoms in total. The first kappa shape index (κ1) is 53.9. The summed E-state index contributed by atoms with van der Waals surface area (Å²) >= 11 is 0. The number of benzene rings is 6. The largest absolute Gasteiger partial charge is 0.493 e. The smallest absolute Gasteiger partial charge is 0.261 e. The molecule has 2 aliphatic rings. The van der Waals surface area contributed by atoms with Crippen molar-refractivity contribution in [1.29, 1.82) is 0 Å². The number of methoxy groups -OCH3 is 6. The van der Waals surface area contributed by atoms with E-state index in [4.69, 9.17) is 37.3 Å². The molecular formula is C60H74O10Si2. The van der Waals surface area contributed by atoms with Crippen molar-refractivity contribution in [2.24, 2.45) is 0 Å². The molecule has 0 spiro atoms. The van der Waals surface area contributed by atoms with Gasteiger partial charge in [0, 0.05) is 35.6 Å². The number of carbonyl (C=O) groups excluding carboxylic acids is 1. The molecule has 12 heteroatoms. The van der Waals surface area contributed by atoms with Gasteiger partial charge in [0.2, 0.25) is 11.5 Å². The lowest BCUT2D eigenvalue weighted by Gasteiger charge is -2.45. The summed E-state index contributed by atoms with van der Waals surface area (Å²) < 4.78 is 48.4. The summed E-state index contributed by atoms with van der Waals surface area (Å²) in [5, 5.41) is 16.0. The number of hydrogen-bond acceptors (Lipinski definition) is 10. The summed E-state index contributed by atoms with van der Waals surface area (Å²) in [6, 6.07) is 46.0. The predicted molar refractivity (Wildman–Crippen MR) is 292 cm³/mol. The molecule has 2 aliphatic carbocycles. The second-order valence-corrected chi connectivity index (χ2v) is 29.2. The van der Waals surface area contributed by atoms with E-state index in [1.54, 1.807) is 48.7 Å². The van der Waals surface area contributed by atoms with E-state index in [0.717, 1.165) is 23.1 Å². The van der Waals surface area contributed by atoms with Crippen molar-refractivity contribution in [3.63, 3.8) is 0 Å². The number of carbonyl (C=O) groups is 1. The molecule has 3 atom stereocenters. The van der Waals surface area contributed by atoms with Crippen LogP contribution in [0.1, 0.15) is 100 Å². The molecule has 3 unspecified atom stereocenters. The van der Waals surface area contributed by atoms with Gasteiger partial charge in [-0.3, -0.25) is 4.79 Å². The summed E-state index contributed by atoms with van der Waals surface area (Å²) in [6.07, 6.45) is 2.53. The van der Waals surface area contributed by atoms with Crippen molar-refractivity contribution in [2.45, 2.75) is 108 Å². The Labute approximate surface area is 429 Å². The van der Waals surface area contributed by atoms with Crippen LogP contribution in [-0.2, 0) is 21.7 Å². The van der Waals surface area contributed by atoms with Crippen molar-refractivity contribution in [2.75, 3.05) is 42.7 Å². The van der Waals surface area contributed by atoms with Crippen LogP contribution in [0.3, 0.4) is 0 Å². The Morgan fingerprint density at radius 2 is 0.833 bits per heavy atom. The van der Waals surface area contributed by atoms with Crippen LogP contribution in [0, 0.1) is 0 Å². The van der Waals surface area contributed by atoms with E-state index in [9.17, 15) is 9.90 Å².